The van der Waals surface area contributed by atoms with Crippen molar-refractivity contribution >= 4 is 17.3 Å². The number of benzene rings is 1. The predicted molar refractivity (Wildman–Crippen MR) is 79.2 cm³/mol. The van der Waals surface area contributed by atoms with Gasteiger partial charge in [-0.05, 0) is 17.5 Å². The molecule has 0 saturated carbocycles. The summed E-state index contributed by atoms with van der Waals surface area (Å²) in [6, 6.07) is 10.6. The lowest BCUT2D eigenvalue weighted by atomic mass is 10.2. The lowest BCUT2D eigenvalue weighted by Crippen LogP contribution is -2.51. The molecule has 5 nitrogen and oxygen atoms in total. The summed E-state index contributed by atoms with van der Waals surface area (Å²) in [7, 11) is 0. The molecule has 5 heteroatoms. The molecule has 1 aromatic carbocycles. The number of aromatic amines is 1. The standard InChI is InChI=1S/C15H20N4O/c20-12-16-19-9-7-18(8-10-19)6-5-14-11-13-3-1-2-4-15(13)17-14/h1-4,11-12,17H,5-10H2,(H,16,20). The summed E-state index contributed by atoms with van der Waals surface area (Å²) in [4.78, 5) is 16.3. The number of amides is 1. The van der Waals surface area contributed by atoms with Gasteiger partial charge in [0.05, 0.1) is 0 Å². The van der Waals surface area contributed by atoms with Gasteiger partial charge >= 0.3 is 0 Å². The summed E-state index contributed by atoms with van der Waals surface area (Å²) in [6.45, 7) is 4.85. The van der Waals surface area contributed by atoms with Crippen LogP contribution in [-0.2, 0) is 11.2 Å². The van der Waals surface area contributed by atoms with Crippen LogP contribution in [0.4, 0.5) is 0 Å². The van der Waals surface area contributed by atoms with Crippen LogP contribution in [0.1, 0.15) is 5.69 Å². The molecule has 0 atom stereocenters. The van der Waals surface area contributed by atoms with E-state index >= 15 is 0 Å². The minimum atomic E-state index is 0.750. The van der Waals surface area contributed by atoms with Gasteiger partial charge in [-0.3, -0.25) is 10.2 Å². The van der Waals surface area contributed by atoms with E-state index in [1.807, 2.05) is 5.01 Å². The quantitative estimate of drug-likeness (QED) is 0.798. The third-order valence-electron chi connectivity index (χ3n) is 3.89. The van der Waals surface area contributed by atoms with Crippen LogP contribution in [0.15, 0.2) is 30.3 Å². The molecule has 1 saturated heterocycles. The average molecular weight is 272 g/mol. The van der Waals surface area contributed by atoms with Crippen molar-refractivity contribution in [3.63, 3.8) is 0 Å². The lowest BCUT2D eigenvalue weighted by Gasteiger charge is -2.33. The predicted octanol–water partition coefficient (Wildman–Crippen LogP) is 0.989. The molecule has 1 amide bonds. The fourth-order valence-electron chi connectivity index (χ4n) is 2.72. The Bertz CT molecular complexity index is 539. The molecule has 0 radical (unpaired) electrons. The molecule has 2 aromatic rings. The van der Waals surface area contributed by atoms with Crippen molar-refractivity contribution in [2.75, 3.05) is 32.7 Å². The van der Waals surface area contributed by atoms with Crippen molar-refractivity contribution in [1.29, 1.82) is 0 Å². The van der Waals surface area contributed by atoms with Gasteiger partial charge in [-0.25, -0.2) is 5.01 Å². The van der Waals surface area contributed by atoms with Crippen LogP contribution in [0, 0.1) is 0 Å². The van der Waals surface area contributed by atoms with E-state index in [1.54, 1.807) is 0 Å². The van der Waals surface area contributed by atoms with E-state index in [0.717, 1.165) is 45.6 Å². The summed E-state index contributed by atoms with van der Waals surface area (Å²) in [5.74, 6) is 0. The first-order valence-corrected chi connectivity index (χ1v) is 7.09. The van der Waals surface area contributed by atoms with Crippen LogP contribution in [0.25, 0.3) is 10.9 Å². The zero-order chi connectivity index (χ0) is 13.8. The van der Waals surface area contributed by atoms with E-state index in [4.69, 9.17) is 0 Å². The van der Waals surface area contributed by atoms with Gasteiger partial charge in [0.25, 0.3) is 0 Å². The Labute approximate surface area is 118 Å². The number of nitrogens with one attached hydrogen (secondary N) is 2. The first kappa shape index (κ1) is 13.1. The molecule has 106 valence electrons. The molecule has 1 aromatic heterocycles. The van der Waals surface area contributed by atoms with Crippen molar-refractivity contribution in [3.05, 3.63) is 36.0 Å². The number of H-pyrrole nitrogens is 1. The number of hydrazine groups is 1. The van der Waals surface area contributed by atoms with Crippen LogP contribution in [-0.4, -0.2) is 54.0 Å². The third kappa shape index (κ3) is 3.00. The highest BCUT2D eigenvalue weighted by Crippen LogP contribution is 2.15. The maximum atomic E-state index is 10.4. The van der Waals surface area contributed by atoms with E-state index in [1.165, 1.54) is 16.6 Å². The van der Waals surface area contributed by atoms with E-state index in [-0.39, 0.29) is 0 Å². The summed E-state index contributed by atoms with van der Waals surface area (Å²) in [5, 5.41) is 3.24. The minimum Gasteiger partial charge on any atom is -0.358 e. The van der Waals surface area contributed by atoms with Crippen molar-refractivity contribution in [1.82, 2.24) is 20.3 Å². The van der Waals surface area contributed by atoms with Crippen LogP contribution >= 0.6 is 0 Å². The molecule has 1 aliphatic rings. The zero-order valence-corrected chi connectivity index (χ0v) is 11.5. The van der Waals surface area contributed by atoms with Crippen molar-refractivity contribution < 1.29 is 4.79 Å². The van der Waals surface area contributed by atoms with Crippen LogP contribution < -0.4 is 5.43 Å². The summed E-state index contributed by atoms with van der Waals surface area (Å²) in [6.07, 6.45) is 1.79. The van der Waals surface area contributed by atoms with Crippen LogP contribution in [0.5, 0.6) is 0 Å². The maximum absolute atomic E-state index is 10.4. The van der Waals surface area contributed by atoms with Crippen molar-refractivity contribution in [2.45, 2.75) is 6.42 Å². The number of hydrogen-bond donors (Lipinski definition) is 2. The van der Waals surface area contributed by atoms with Gasteiger partial charge in [0, 0.05) is 50.4 Å². The Morgan fingerprint density at radius 2 is 2.00 bits per heavy atom. The Hall–Kier alpha value is -1.85. The summed E-state index contributed by atoms with van der Waals surface area (Å²) in [5.41, 5.74) is 5.22. The summed E-state index contributed by atoms with van der Waals surface area (Å²) < 4.78 is 0. The molecule has 2 N–H and O–H groups in total. The molecule has 1 aliphatic heterocycles. The molecule has 20 heavy (non-hydrogen) atoms. The van der Waals surface area contributed by atoms with Gasteiger partial charge in [-0.15, -0.1) is 0 Å². The van der Waals surface area contributed by atoms with Crippen LogP contribution in [0.3, 0.4) is 0 Å². The molecule has 2 heterocycles. The smallest absolute Gasteiger partial charge is 0.221 e. The first-order chi connectivity index (χ1) is 9.85. The Morgan fingerprint density at radius 3 is 2.75 bits per heavy atom. The summed E-state index contributed by atoms with van der Waals surface area (Å²) >= 11 is 0. The lowest BCUT2D eigenvalue weighted by molar-refractivity contribution is -0.114. The van der Waals surface area contributed by atoms with Gasteiger partial charge in [0.1, 0.15) is 0 Å². The highest BCUT2D eigenvalue weighted by Gasteiger charge is 2.15. The number of nitrogens with zero attached hydrogens (tertiary/aromatic N) is 2. The number of hydrogen-bond acceptors (Lipinski definition) is 3. The fraction of sp³-hybridized carbons (Fsp3) is 0.400. The van der Waals surface area contributed by atoms with E-state index in [0.29, 0.717) is 0 Å². The van der Waals surface area contributed by atoms with Crippen molar-refractivity contribution in [2.24, 2.45) is 0 Å². The van der Waals surface area contributed by atoms with Gasteiger partial charge in [0.2, 0.25) is 6.41 Å². The monoisotopic (exact) mass is 272 g/mol. The third-order valence-corrected chi connectivity index (χ3v) is 3.89. The molecule has 0 bridgehead atoms. The van der Waals surface area contributed by atoms with Gasteiger partial charge < -0.3 is 9.88 Å². The zero-order valence-electron chi connectivity index (χ0n) is 11.5. The van der Waals surface area contributed by atoms with Gasteiger partial charge in [-0.2, -0.15) is 0 Å². The van der Waals surface area contributed by atoms with E-state index in [2.05, 4.69) is 45.6 Å². The SMILES string of the molecule is O=CNN1CCN(CCc2cc3ccccc3[nH]2)CC1. The minimum absolute atomic E-state index is 0.750. The van der Waals surface area contributed by atoms with Gasteiger partial charge in [0.15, 0.2) is 0 Å². The van der Waals surface area contributed by atoms with E-state index in [9.17, 15) is 4.79 Å². The number of para-hydroxylation sites is 1. The normalized spacial score (nSPS) is 17.4. The Balaban J connectivity index is 1.51. The Kier molecular flexibility index (Phi) is 3.99. The first-order valence-electron chi connectivity index (χ1n) is 7.09. The molecular weight excluding hydrogens is 252 g/mol. The fourth-order valence-corrected chi connectivity index (χ4v) is 2.72. The highest BCUT2D eigenvalue weighted by atomic mass is 16.1. The number of piperazine rings is 1. The second-order valence-corrected chi connectivity index (χ2v) is 5.21. The average Bonchev–Trinajstić information content (AvgIpc) is 2.90. The maximum Gasteiger partial charge on any atom is 0.221 e. The van der Waals surface area contributed by atoms with E-state index < -0.39 is 0 Å². The molecule has 0 aliphatic carbocycles. The number of fused-ring (bicyclic) bond motifs is 1. The van der Waals surface area contributed by atoms with Gasteiger partial charge in [-0.1, -0.05) is 18.2 Å². The number of carbonyl (C=O) groups is 1. The molecule has 1 fully saturated rings. The number of carbonyl (C=O) groups excluding carboxylic acids is 1. The molecule has 0 unspecified atom stereocenters. The molecule has 3 rings (SSSR count). The topological polar surface area (TPSA) is 51.4 Å². The number of rotatable bonds is 5. The Morgan fingerprint density at radius 1 is 1.20 bits per heavy atom. The molecular formula is C15H20N4O. The van der Waals surface area contributed by atoms with Crippen molar-refractivity contribution in [3.8, 4) is 0 Å². The highest BCUT2D eigenvalue weighted by molar-refractivity contribution is 5.80. The largest absolute Gasteiger partial charge is 0.358 e. The second kappa shape index (κ2) is 6.07. The number of aromatic nitrogens is 1. The van der Waals surface area contributed by atoms with Crippen LogP contribution in [0.2, 0.25) is 0 Å². The molecule has 0 spiro atoms. The second-order valence-electron chi connectivity index (χ2n) is 5.21.